The fourth-order valence-electron chi connectivity index (χ4n) is 8.62. The number of H-pyrrole nitrogens is 1. The van der Waals surface area contributed by atoms with Crippen LogP contribution in [0.25, 0.3) is 10.8 Å². The van der Waals surface area contributed by atoms with Gasteiger partial charge in [0.05, 0.1) is 13.4 Å². The average Bonchev–Trinajstić information content (AvgIpc) is 3.79. The summed E-state index contributed by atoms with van der Waals surface area (Å²) in [6.45, 7) is 0.00568. The third kappa shape index (κ3) is 13.7. The van der Waals surface area contributed by atoms with Crippen molar-refractivity contribution in [2.24, 2.45) is 17.8 Å². The number of aromatic amines is 1. The van der Waals surface area contributed by atoms with E-state index < -0.39 is 56.1 Å². The molecule has 2 fully saturated rings. The van der Waals surface area contributed by atoms with Gasteiger partial charge < -0.3 is 30.4 Å². The highest BCUT2D eigenvalue weighted by Gasteiger charge is 2.38. The first-order chi connectivity index (χ1) is 29.2. The largest absolute Gasteiger partial charge is 0.511 e. The number of alkyl carbamates (subject to hydrolysis) is 1. The molecule has 1 heterocycles. The molecule has 0 spiro atoms. The van der Waals surface area contributed by atoms with E-state index in [-0.39, 0.29) is 31.5 Å². The standard InChI is InChI=1S/C46H58N5O8P/c1-57-45(54)37(24-32-14-5-2-6-15-32)30-60(56)59-42(25-33-16-7-3-8-17-33)51-44(53)41(27-38-28-47-31-48-38)49-43(52)40(50-46(55)58-29-34-18-9-4-10-19-34)26-36-22-13-21-35-20-11-12-23-39(35)36/h4,9-13,18-23,28,31-33,37,40-42H,2-3,5-8,14-17,24-27,29-30H2,1H3,(H3-,47,48,49,50,51,52,53,55)/p+1/t37?,40?,41-,42?/m0/s1. The zero-order chi connectivity index (χ0) is 42.1. The van der Waals surface area contributed by atoms with Crippen LogP contribution in [0, 0.1) is 17.8 Å². The van der Waals surface area contributed by atoms with E-state index in [1.165, 1.54) is 19.9 Å². The lowest BCUT2D eigenvalue weighted by molar-refractivity contribution is -0.145. The first kappa shape index (κ1) is 44.4. The Kier molecular flexibility index (Phi) is 17.0. The number of nitrogens with zero attached hydrogens (tertiary/aromatic N) is 1. The second-order valence-electron chi connectivity index (χ2n) is 16.3. The van der Waals surface area contributed by atoms with E-state index in [4.69, 9.17) is 14.0 Å². The SMILES string of the molecule is COC(=O)C(CC1CCCCC1)C[P+](=O)OC(CC1CCCCC1)NC(=O)[C@H](Cc1cnc[nH]1)NC(=O)C(Cc1cccc2ccccc12)NC(=O)OCc1ccccc1. The fraction of sp³-hybridized carbons (Fsp3) is 0.500. The molecule has 14 heteroatoms. The van der Waals surface area contributed by atoms with Crippen LogP contribution in [0.15, 0.2) is 85.3 Å². The van der Waals surface area contributed by atoms with E-state index in [0.29, 0.717) is 24.5 Å². The summed E-state index contributed by atoms with van der Waals surface area (Å²) < 4.78 is 30.6. The van der Waals surface area contributed by atoms with Crippen molar-refractivity contribution < 1.29 is 37.7 Å². The molecule has 0 saturated heterocycles. The molecule has 0 bridgehead atoms. The van der Waals surface area contributed by atoms with Gasteiger partial charge in [-0.1, -0.05) is 137 Å². The molecule has 3 aromatic carbocycles. The number of fused-ring (bicyclic) bond motifs is 1. The molecule has 6 rings (SSSR count). The van der Waals surface area contributed by atoms with Gasteiger partial charge in [-0.05, 0) is 51.1 Å². The Bertz CT molecular complexity index is 2000. The number of nitrogens with one attached hydrogen (secondary N) is 4. The van der Waals surface area contributed by atoms with E-state index in [0.717, 1.165) is 79.7 Å². The Morgan fingerprint density at radius 1 is 0.767 bits per heavy atom. The van der Waals surface area contributed by atoms with Crippen LogP contribution in [-0.2, 0) is 52.4 Å². The summed E-state index contributed by atoms with van der Waals surface area (Å²) in [6.07, 6.45) is 13.1. The summed E-state index contributed by atoms with van der Waals surface area (Å²) in [7, 11) is -1.03. The zero-order valence-electron chi connectivity index (χ0n) is 34.5. The number of carbonyl (C=O) groups is 4. The van der Waals surface area contributed by atoms with Crippen LogP contribution in [0.4, 0.5) is 4.79 Å². The van der Waals surface area contributed by atoms with Crippen molar-refractivity contribution in [3.63, 3.8) is 0 Å². The highest BCUT2D eigenvalue weighted by atomic mass is 31.1. The zero-order valence-corrected chi connectivity index (χ0v) is 35.4. The summed E-state index contributed by atoms with van der Waals surface area (Å²) in [5, 5.41) is 10.6. The summed E-state index contributed by atoms with van der Waals surface area (Å²) in [4.78, 5) is 62.1. The Morgan fingerprint density at radius 2 is 1.42 bits per heavy atom. The van der Waals surface area contributed by atoms with Crippen molar-refractivity contribution >= 4 is 42.7 Å². The van der Waals surface area contributed by atoms with Crippen LogP contribution in [0.2, 0.25) is 0 Å². The van der Waals surface area contributed by atoms with Crippen molar-refractivity contribution in [1.29, 1.82) is 0 Å². The minimum Gasteiger partial charge on any atom is -0.469 e. The first-order valence-corrected chi connectivity index (χ1v) is 22.8. The third-order valence-electron chi connectivity index (χ3n) is 11.8. The van der Waals surface area contributed by atoms with Gasteiger partial charge in [-0.15, -0.1) is 4.52 Å². The van der Waals surface area contributed by atoms with Gasteiger partial charge >= 0.3 is 20.1 Å². The molecule has 1 aromatic heterocycles. The predicted octanol–water partition coefficient (Wildman–Crippen LogP) is 8.06. The lowest BCUT2D eigenvalue weighted by Crippen LogP contribution is -2.56. The molecule has 2 saturated carbocycles. The van der Waals surface area contributed by atoms with E-state index in [1.807, 2.05) is 72.8 Å². The third-order valence-corrected chi connectivity index (χ3v) is 13.0. The monoisotopic (exact) mass is 840 g/mol. The Balaban J connectivity index is 1.20. The van der Waals surface area contributed by atoms with Gasteiger partial charge in [0.25, 0.3) is 0 Å². The molecule has 2 aliphatic rings. The van der Waals surface area contributed by atoms with Gasteiger partial charge in [0.2, 0.25) is 11.8 Å². The van der Waals surface area contributed by atoms with E-state index in [1.54, 1.807) is 6.20 Å². The highest BCUT2D eigenvalue weighted by molar-refractivity contribution is 7.39. The Labute approximate surface area is 353 Å². The Hall–Kier alpha value is -5.13. The Morgan fingerprint density at radius 3 is 2.12 bits per heavy atom. The number of imidazole rings is 1. The first-order valence-electron chi connectivity index (χ1n) is 21.4. The van der Waals surface area contributed by atoms with Gasteiger partial charge in [0.15, 0.2) is 12.4 Å². The van der Waals surface area contributed by atoms with Crippen LogP contribution in [0.3, 0.4) is 0 Å². The summed E-state index contributed by atoms with van der Waals surface area (Å²) in [6, 6.07) is 20.5. The average molecular weight is 841 g/mol. The lowest BCUT2D eigenvalue weighted by Gasteiger charge is -2.27. The van der Waals surface area contributed by atoms with Crippen LogP contribution >= 0.6 is 8.03 Å². The van der Waals surface area contributed by atoms with Crippen LogP contribution in [-0.4, -0.2) is 65.4 Å². The van der Waals surface area contributed by atoms with E-state index >= 15 is 0 Å². The number of methoxy groups -OCH3 is 1. The lowest BCUT2D eigenvalue weighted by atomic mass is 9.83. The van der Waals surface area contributed by atoms with Gasteiger partial charge in [-0.25, -0.2) is 9.78 Å². The van der Waals surface area contributed by atoms with Crippen LogP contribution < -0.4 is 16.0 Å². The molecule has 4 unspecified atom stereocenters. The fourth-order valence-corrected chi connectivity index (χ4v) is 9.79. The minimum absolute atomic E-state index is 0.00568. The van der Waals surface area contributed by atoms with Gasteiger partial charge in [0, 0.05) is 24.7 Å². The van der Waals surface area contributed by atoms with Crippen molar-refractivity contribution in [1.82, 2.24) is 25.9 Å². The maximum atomic E-state index is 14.4. The molecule has 5 atom stereocenters. The maximum Gasteiger partial charge on any atom is 0.511 e. The molecule has 0 aliphatic heterocycles. The number of esters is 1. The molecule has 3 amide bonds. The second kappa shape index (κ2) is 23.0. The minimum atomic E-state index is -2.37. The molecule has 2 aliphatic carbocycles. The van der Waals surface area contributed by atoms with Crippen LogP contribution in [0.5, 0.6) is 0 Å². The summed E-state index contributed by atoms with van der Waals surface area (Å²) in [5.41, 5.74) is 2.20. The van der Waals surface area contributed by atoms with Gasteiger partial charge in [-0.2, -0.15) is 0 Å². The highest BCUT2D eigenvalue weighted by Crippen LogP contribution is 2.37. The molecule has 4 N–H and O–H groups in total. The number of amides is 3. The number of aromatic nitrogens is 2. The maximum absolute atomic E-state index is 14.4. The van der Waals surface area contributed by atoms with Gasteiger partial charge in [-0.3, -0.25) is 14.4 Å². The number of ether oxygens (including phenoxy) is 2. The quantitative estimate of drug-likeness (QED) is 0.0389. The number of benzene rings is 3. The molecule has 4 aromatic rings. The second-order valence-corrected chi connectivity index (χ2v) is 17.5. The smallest absolute Gasteiger partial charge is 0.469 e. The molecule has 320 valence electrons. The van der Waals surface area contributed by atoms with Crippen molar-refractivity contribution in [3.8, 4) is 0 Å². The number of rotatable bonds is 20. The number of hydrogen-bond donors (Lipinski definition) is 4. The molecular formula is C46H59N5O8P+. The number of carbonyl (C=O) groups excluding carboxylic acids is 4. The van der Waals surface area contributed by atoms with Crippen molar-refractivity contribution in [3.05, 3.63) is 102 Å². The van der Waals surface area contributed by atoms with E-state index in [9.17, 15) is 23.7 Å². The van der Waals surface area contributed by atoms with Crippen molar-refractivity contribution in [2.75, 3.05) is 13.3 Å². The molecule has 0 radical (unpaired) electrons. The molecular weight excluding hydrogens is 782 g/mol. The summed E-state index contributed by atoms with van der Waals surface area (Å²) in [5.74, 6) is -1.53. The normalized spacial score (nSPS) is 17.1. The summed E-state index contributed by atoms with van der Waals surface area (Å²) >= 11 is 0. The predicted molar refractivity (Wildman–Crippen MR) is 229 cm³/mol. The van der Waals surface area contributed by atoms with Gasteiger partial charge in [0.1, 0.15) is 24.6 Å². The number of hydrogen-bond acceptors (Lipinski definition) is 9. The van der Waals surface area contributed by atoms with Crippen molar-refractivity contribution in [2.45, 2.75) is 115 Å². The van der Waals surface area contributed by atoms with E-state index in [2.05, 4.69) is 25.9 Å². The topological polar surface area (TPSA) is 178 Å². The molecule has 60 heavy (non-hydrogen) atoms. The molecule has 13 nitrogen and oxygen atoms in total. The van der Waals surface area contributed by atoms with Crippen LogP contribution in [0.1, 0.15) is 93.9 Å².